The average molecular weight is 491 g/mol. The number of nitrogens with zero attached hydrogens (tertiary/aromatic N) is 2. The Morgan fingerprint density at radius 2 is 1.78 bits per heavy atom. The number of carbonyl (C=O) groups excluding carboxylic acids is 2. The molecule has 192 valence electrons. The van der Waals surface area contributed by atoms with E-state index in [0.717, 1.165) is 60.8 Å². The summed E-state index contributed by atoms with van der Waals surface area (Å²) in [4.78, 5) is 34.8. The van der Waals surface area contributed by atoms with Crippen LogP contribution in [0.3, 0.4) is 0 Å². The second-order valence-corrected chi connectivity index (χ2v) is 10.3. The second-order valence-electron chi connectivity index (χ2n) is 10.3. The Kier molecular flexibility index (Phi) is 7.91. The third-order valence-corrected chi connectivity index (χ3v) is 7.73. The predicted octanol–water partition coefficient (Wildman–Crippen LogP) is 3.97. The van der Waals surface area contributed by atoms with Gasteiger partial charge in [0.1, 0.15) is 5.84 Å². The Morgan fingerprint density at radius 1 is 1.14 bits per heavy atom. The molecule has 2 aromatic rings. The minimum absolute atomic E-state index is 0.109. The molecule has 7 nitrogen and oxygen atoms in total. The van der Waals surface area contributed by atoms with Crippen molar-refractivity contribution in [3.63, 3.8) is 0 Å². The van der Waals surface area contributed by atoms with Gasteiger partial charge in [-0.25, -0.2) is 5.06 Å². The number of nitrogens with two attached hydrogens (primary N) is 2. The van der Waals surface area contributed by atoms with E-state index in [4.69, 9.17) is 16.3 Å². The molecule has 0 radical (unpaired) electrons. The molecule has 4 rings (SSSR count). The largest absolute Gasteiger partial charge is 0.366 e. The highest BCUT2D eigenvalue weighted by Gasteiger charge is 2.48. The molecule has 2 aromatic carbocycles. The van der Waals surface area contributed by atoms with E-state index in [-0.39, 0.29) is 12.1 Å². The van der Waals surface area contributed by atoms with Crippen LogP contribution in [0.1, 0.15) is 83.6 Å². The molecule has 2 amide bonds. The topological polar surface area (TPSA) is 111 Å². The standard InChI is InChI=1S/C29H38N4O3/c1-19-9-13-25-21(15-19)10-11-22-16-23(27(31)35)12-14-26(22)29(25,17-20(2)30)28(32-18-34)33(36-3)24-7-5-4-6-8-24/h9,12-16,18,20,24H,4-8,10-11,17,30H2,1-3H3,(H2,31,35)/b32-28-/t20-,29?/m0/s1. The number of carbonyl (C=O) groups is 2. The number of amidine groups is 1. The van der Waals surface area contributed by atoms with E-state index in [9.17, 15) is 9.59 Å². The van der Waals surface area contributed by atoms with Crippen LogP contribution in [0.15, 0.2) is 41.4 Å². The molecule has 36 heavy (non-hydrogen) atoms. The summed E-state index contributed by atoms with van der Waals surface area (Å²) in [6, 6.07) is 12.0. The smallest absolute Gasteiger partial charge is 0.248 e. The van der Waals surface area contributed by atoms with Crippen LogP contribution in [0.25, 0.3) is 0 Å². The van der Waals surface area contributed by atoms with Gasteiger partial charge in [-0.3, -0.25) is 14.4 Å². The van der Waals surface area contributed by atoms with Crippen LogP contribution in [-0.4, -0.2) is 42.4 Å². The molecule has 1 fully saturated rings. The summed E-state index contributed by atoms with van der Waals surface area (Å²) in [7, 11) is 1.65. The number of hydrogen-bond acceptors (Lipinski definition) is 4. The van der Waals surface area contributed by atoms with E-state index < -0.39 is 11.3 Å². The Bertz CT molecular complexity index is 1150. The van der Waals surface area contributed by atoms with Crippen molar-refractivity contribution < 1.29 is 14.4 Å². The van der Waals surface area contributed by atoms with Gasteiger partial charge >= 0.3 is 0 Å². The van der Waals surface area contributed by atoms with Crippen molar-refractivity contribution in [1.82, 2.24) is 5.06 Å². The number of aliphatic imine (C=N–C) groups is 1. The fourth-order valence-electron chi connectivity index (χ4n) is 6.29. The number of hydrogen-bond donors (Lipinski definition) is 2. The molecule has 0 spiro atoms. The van der Waals surface area contributed by atoms with Crippen molar-refractivity contribution in [2.24, 2.45) is 16.5 Å². The molecule has 7 heteroatoms. The highest BCUT2D eigenvalue weighted by molar-refractivity contribution is 6.01. The monoisotopic (exact) mass is 490 g/mol. The Morgan fingerprint density at radius 3 is 2.36 bits per heavy atom. The highest BCUT2D eigenvalue weighted by atomic mass is 16.7. The number of aryl methyl sites for hydroxylation is 3. The maximum absolute atomic E-state index is 12.1. The molecule has 0 heterocycles. The van der Waals surface area contributed by atoms with Gasteiger partial charge < -0.3 is 11.5 Å². The summed E-state index contributed by atoms with van der Waals surface area (Å²) in [5, 5.41) is 1.87. The van der Waals surface area contributed by atoms with Crippen molar-refractivity contribution >= 4 is 18.2 Å². The van der Waals surface area contributed by atoms with E-state index >= 15 is 0 Å². The third kappa shape index (κ3) is 4.82. The lowest BCUT2D eigenvalue weighted by molar-refractivity contribution is -0.113. The number of amides is 2. The van der Waals surface area contributed by atoms with Crippen LogP contribution in [0.4, 0.5) is 0 Å². The quantitative estimate of drug-likeness (QED) is 0.264. The van der Waals surface area contributed by atoms with Gasteiger partial charge in [0, 0.05) is 11.6 Å². The number of benzene rings is 2. The molecule has 2 aliphatic carbocycles. The molecule has 0 aromatic heterocycles. The van der Waals surface area contributed by atoms with Gasteiger partial charge in [0.2, 0.25) is 12.3 Å². The van der Waals surface area contributed by atoms with Crippen molar-refractivity contribution in [1.29, 1.82) is 0 Å². The summed E-state index contributed by atoms with van der Waals surface area (Å²) in [6.45, 7) is 4.06. The molecule has 1 unspecified atom stereocenters. The predicted molar refractivity (Wildman–Crippen MR) is 142 cm³/mol. The first-order chi connectivity index (χ1) is 17.3. The van der Waals surface area contributed by atoms with Crippen molar-refractivity contribution in [2.45, 2.75) is 82.7 Å². The number of primary amides is 1. The first-order valence-electron chi connectivity index (χ1n) is 13.0. The van der Waals surface area contributed by atoms with E-state index in [1.807, 2.05) is 24.1 Å². The molecule has 0 saturated heterocycles. The van der Waals surface area contributed by atoms with Gasteiger partial charge in [0.05, 0.1) is 18.6 Å². The zero-order valence-corrected chi connectivity index (χ0v) is 21.6. The molecular weight excluding hydrogens is 452 g/mol. The summed E-state index contributed by atoms with van der Waals surface area (Å²) < 4.78 is 0. The Hall–Kier alpha value is -3.03. The maximum Gasteiger partial charge on any atom is 0.248 e. The van der Waals surface area contributed by atoms with Gasteiger partial charge in [0.15, 0.2) is 0 Å². The lowest BCUT2D eigenvalue weighted by Crippen LogP contribution is -2.54. The zero-order valence-electron chi connectivity index (χ0n) is 21.6. The molecule has 2 atom stereocenters. The Labute approximate surface area is 213 Å². The maximum atomic E-state index is 12.1. The van der Waals surface area contributed by atoms with Crippen molar-refractivity contribution in [3.8, 4) is 0 Å². The fraction of sp³-hybridized carbons (Fsp3) is 0.483. The highest BCUT2D eigenvalue weighted by Crippen LogP contribution is 2.46. The van der Waals surface area contributed by atoms with Crippen LogP contribution in [-0.2, 0) is 27.9 Å². The number of hydroxylamine groups is 2. The summed E-state index contributed by atoms with van der Waals surface area (Å²) >= 11 is 0. The molecule has 0 bridgehead atoms. The van der Waals surface area contributed by atoms with Crippen LogP contribution >= 0.6 is 0 Å². The van der Waals surface area contributed by atoms with E-state index in [0.29, 0.717) is 24.2 Å². The Balaban J connectivity index is 2.07. The first kappa shape index (κ1) is 26.0. The summed E-state index contributed by atoms with van der Waals surface area (Å²) in [6.07, 6.45) is 7.99. The van der Waals surface area contributed by atoms with Gasteiger partial charge in [-0.1, -0.05) is 49.1 Å². The van der Waals surface area contributed by atoms with Crippen molar-refractivity contribution in [3.05, 3.63) is 69.8 Å². The van der Waals surface area contributed by atoms with Crippen LogP contribution in [0, 0.1) is 6.92 Å². The van der Waals surface area contributed by atoms with Crippen LogP contribution in [0.5, 0.6) is 0 Å². The van der Waals surface area contributed by atoms with Gasteiger partial charge in [-0.15, -0.1) is 0 Å². The SMILES string of the molecule is CON(/C(=N\C=O)C1(C[C@H](C)N)c2ccc(C)cc2CCc2cc(C(N)=O)ccc21)C1CCCCC1. The molecule has 1 saturated carbocycles. The molecular formula is C29H38N4O3. The lowest BCUT2D eigenvalue weighted by atomic mass is 9.67. The summed E-state index contributed by atoms with van der Waals surface area (Å²) in [5.41, 5.74) is 17.3. The lowest BCUT2D eigenvalue weighted by Gasteiger charge is -2.45. The molecule has 4 N–H and O–H groups in total. The normalized spacial score (nSPS) is 21.2. The summed E-state index contributed by atoms with van der Waals surface area (Å²) in [5.74, 6) is 0.0972. The van der Waals surface area contributed by atoms with Crippen LogP contribution < -0.4 is 11.5 Å². The van der Waals surface area contributed by atoms with Gasteiger partial charge in [-0.05, 0) is 80.3 Å². The van der Waals surface area contributed by atoms with Crippen molar-refractivity contribution in [2.75, 3.05) is 7.11 Å². The number of fused-ring (bicyclic) bond motifs is 2. The number of rotatable bonds is 7. The van der Waals surface area contributed by atoms with E-state index in [2.05, 4.69) is 30.1 Å². The zero-order chi connectivity index (χ0) is 25.9. The minimum Gasteiger partial charge on any atom is -0.366 e. The molecule has 0 aliphatic heterocycles. The minimum atomic E-state index is -0.840. The van der Waals surface area contributed by atoms with E-state index in [1.165, 1.54) is 12.0 Å². The fourth-order valence-corrected chi connectivity index (χ4v) is 6.29. The van der Waals surface area contributed by atoms with Gasteiger partial charge in [-0.2, -0.15) is 4.99 Å². The second kappa shape index (κ2) is 10.9. The van der Waals surface area contributed by atoms with Crippen LogP contribution in [0.2, 0.25) is 0 Å². The third-order valence-electron chi connectivity index (χ3n) is 7.73. The average Bonchev–Trinajstić information content (AvgIpc) is 2.99. The van der Waals surface area contributed by atoms with E-state index in [1.54, 1.807) is 13.2 Å². The van der Waals surface area contributed by atoms with Gasteiger partial charge in [0.25, 0.3) is 0 Å². The molecule has 2 aliphatic rings. The first-order valence-corrected chi connectivity index (χ1v) is 13.0.